The van der Waals surface area contributed by atoms with E-state index in [1.165, 1.54) is 10.9 Å². The summed E-state index contributed by atoms with van der Waals surface area (Å²) >= 11 is 6.03. The Labute approximate surface area is 201 Å². The monoisotopic (exact) mass is 478 g/mol. The molecule has 1 N–H and O–H groups in total. The van der Waals surface area contributed by atoms with E-state index < -0.39 is 0 Å². The van der Waals surface area contributed by atoms with Crippen molar-refractivity contribution in [2.45, 2.75) is 20.0 Å². The molecule has 1 fully saturated rings. The Bertz CT molecular complexity index is 1360. The van der Waals surface area contributed by atoms with Gasteiger partial charge in [0.15, 0.2) is 0 Å². The van der Waals surface area contributed by atoms with Crippen molar-refractivity contribution in [1.82, 2.24) is 19.8 Å². The number of anilines is 1. The molecule has 0 atom stereocenters. The van der Waals surface area contributed by atoms with Crippen LogP contribution in [-0.4, -0.2) is 52.4 Å². The van der Waals surface area contributed by atoms with Crippen molar-refractivity contribution in [3.8, 4) is 6.07 Å². The number of nitriles is 1. The van der Waals surface area contributed by atoms with Gasteiger partial charge in [0.05, 0.1) is 27.8 Å². The average molecular weight is 479 g/mol. The minimum atomic E-state index is -0.347. The van der Waals surface area contributed by atoms with Gasteiger partial charge < -0.3 is 15.1 Å². The summed E-state index contributed by atoms with van der Waals surface area (Å²) in [7, 11) is 0. The van der Waals surface area contributed by atoms with Gasteiger partial charge in [0.25, 0.3) is 5.56 Å². The fourth-order valence-electron chi connectivity index (χ4n) is 3.91. The first kappa shape index (κ1) is 23.3. The molecule has 34 heavy (non-hydrogen) atoms. The van der Waals surface area contributed by atoms with Crippen LogP contribution in [0, 0.1) is 11.3 Å². The van der Waals surface area contributed by atoms with E-state index in [0.717, 1.165) is 11.3 Å². The topological polar surface area (TPSA) is 111 Å². The van der Waals surface area contributed by atoms with Gasteiger partial charge in [-0.2, -0.15) is 5.26 Å². The van der Waals surface area contributed by atoms with E-state index in [1.807, 2.05) is 12.1 Å². The number of nitrogens with one attached hydrogen (secondary N) is 1. The van der Waals surface area contributed by atoms with Gasteiger partial charge in [-0.15, -0.1) is 0 Å². The Hall–Kier alpha value is -3.90. The second kappa shape index (κ2) is 9.93. The second-order valence-corrected chi connectivity index (χ2v) is 8.48. The van der Waals surface area contributed by atoms with Crippen LogP contribution in [-0.2, 0) is 22.7 Å². The van der Waals surface area contributed by atoms with E-state index >= 15 is 0 Å². The number of carbonyl (C=O) groups excluding carboxylic acids is 2. The Kier molecular flexibility index (Phi) is 6.80. The molecule has 9 nitrogen and oxygen atoms in total. The number of piperazine rings is 1. The lowest BCUT2D eigenvalue weighted by Gasteiger charge is -2.35. The molecule has 0 saturated carbocycles. The lowest BCUT2D eigenvalue weighted by Crippen LogP contribution is -2.48. The predicted molar refractivity (Wildman–Crippen MR) is 128 cm³/mol. The fraction of sp³-hybridized carbons (Fsp3) is 0.292. The highest BCUT2D eigenvalue weighted by Gasteiger charge is 2.19. The normalized spacial score (nSPS) is 13.6. The predicted octanol–water partition coefficient (Wildman–Crippen LogP) is 1.91. The van der Waals surface area contributed by atoms with Crippen LogP contribution in [0.2, 0.25) is 5.02 Å². The molecule has 1 aromatic heterocycles. The molecule has 1 aliphatic rings. The number of carbonyl (C=O) groups is 2. The van der Waals surface area contributed by atoms with Crippen LogP contribution in [0.15, 0.2) is 47.5 Å². The van der Waals surface area contributed by atoms with E-state index in [0.29, 0.717) is 47.7 Å². The molecular formula is C24H23ClN6O3. The summed E-state index contributed by atoms with van der Waals surface area (Å²) in [6.45, 7) is 4.24. The lowest BCUT2D eigenvalue weighted by molar-refractivity contribution is -0.129. The molecule has 1 aliphatic heterocycles. The number of hydrogen-bond donors (Lipinski definition) is 1. The summed E-state index contributed by atoms with van der Waals surface area (Å²) in [6, 6.07) is 12.4. The number of rotatable bonds is 5. The second-order valence-electron chi connectivity index (χ2n) is 8.07. The number of fused-ring (bicyclic) bond motifs is 1. The summed E-state index contributed by atoms with van der Waals surface area (Å²) < 4.78 is 1.28. The number of nitrogens with zero attached hydrogens (tertiary/aromatic N) is 5. The van der Waals surface area contributed by atoms with Gasteiger partial charge in [0.1, 0.15) is 12.6 Å². The zero-order valence-electron chi connectivity index (χ0n) is 18.6. The van der Waals surface area contributed by atoms with Gasteiger partial charge in [-0.1, -0.05) is 17.7 Å². The first-order chi connectivity index (χ1) is 16.4. The van der Waals surface area contributed by atoms with Crippen molar-refractivity contribution in [2.24, 2.45) is 0 Å². The molecule has 3 aromatic rings. The molecule has 2 heterocycles. The minimum absolute atomic E-state index is 0.0609. The molecule has 4 rings (SSSR count). The van der Waals surface area contributed by atoms with Crippen LogP contribution in [0.1, 0.15) is 18.1 Å². The van der Waals surface area contributed by atoms with Crippen LogP contribution >= 0.6 is 11.6 Å². The highest BCUT2D eigenvalue weighted by molar-refractivity contribution is 6.31. The van der Waals surface area contributed by atoms with Crippen molar-refractivity contribution in [3.63, 3.8) is 0 Å². The lowest BCUT2D eigenvalue weighted by atomic mass is 10.1. The van der Waals surface area contributed by atoms with E-state index in [-0.39, 0.29) is 30.5 Å². The van der Waals surface area contributed by atoms with Crippen molar-refractivity contribution in [1.29, 1.82) is 5.26 Å². The van der Waals surface area contributed by atoms with Gasteiger partial charge in [0.2, 0.25) is 11.8 Å². The highest BCUT2D eigenvalue weighted by atomic mass is 35.5. The molecule has 10 heteroatoms. The van der Waals surface area contributed by atoms with Crippen molar-refractivity contribution in [3.05, 3.63) is 69.2 Å². The molecule has 1 saturated heterocycles. The molecule has 0 aliphatic carbocycles. The van der Waals surface area contributed by atoms with Crippen molar-refractivity contribution >= 4 is 40.0 Å². The molecule has 174 valence electrons. The third-order valence-corrected chi connectivity index (χ3v) is 6.17. The Balaban J connectivity index is 1.45. The summed E-state index contributed by atoms with van der Waals surface area (Å²) in [6.07, 6.45) is 1.37. The molecule has 0 unspecified atom stereocenters. The third kappa shape index (κ3) is 5.02. The maximum atomic E-state index is 13.1. The molecule has 2 aromatic carbocycles. The van der Waals surface area contributed by atoms with Crippen LogP contribution < -0.4 is 15.8 Å². The summed E-state index contributed by atoms with van der Waals surface area (Å²) in [5.74, 6) is -0.286. The molecule has 0 bridgehead atoms. The largest absolute Gasteiger partial charge is 0.368 e. The van der Waals surface area contributed by atoms with Gasteiger partial charge in [0, 0.05) is 45.3 Å². The highest BCUT2D eigenvalue weighted by Crippen LogP contribution is 2.20. The molecular weight excluding hydrogens is 456 g/mol. The van der Waals surface area contributed by atoms with Crippen molar-refractivity contribution in [2.75, 3.05) is 31.1 Å². The zero-order valence-corrected chi connectivity index (χ0v) is 19.4. The van der Waals surface area contributed by atoms with E-state index in [4.69, 9.17) is 16.9 Å². The molecule has 0 radical (unpaired) electrons. The summed E-state index contributed by atoms with van der Waals surface area (Å²) in [5.41, 5.74) is 2.25. The number of benzene rings is 2. The summed E-state index contributed by atoms with van der Waals surface area (Å²) in [4.78, 5) is 45.3. The Morgan fingerprint density at radius 3 is 2.59 bits per heavy atom. The maximum Gasteiger partial charge on any atom is 0.261 e. The third-order valence-electron chi connectivity index (χ3n) is 5.86. The van der Waals surface area contributed by atoms with Gasteiger partial charge in [-0.25, -0.2) is 4.98 Å². The number of hydrogen-bond acceptors (Lipinski definition) is 6. The van der Waals surface area contributed by atoms with E-state index in [9.17, 15) is 14.4 Å². The van der Waals surface area contributed by atoms with Gasteiger partial charge >= 0.3 is 0 Å². The van der Waals surface area contributed by atoms with Crippen LogP contribution in [0.5, 0.6) is 0 Å². The van der Waals surface area contributed by atoms with Gasteiger partial charge in [-0.05, 0) is 35.9 Å². The first-order valence-electron chi connectivity index (χ1n) is 10.8. The van der Waals surface area contributed by atoms with Gasteiger partial charge in [-0.3, -0.25) is 19.0 Å². The number of halogens is 1. The van der Waals surface area contributed by atoms with Crippen LogP contribution in [0.25, 0.3) is 10.9 Å². The smallest absolute Gasteiger partial charge is 0.261 e. The molecule has 2 amide bonds. The Morgan fingerprint density at radius 1 is 1.15 bits per heavy atom. The standard InChI is InChI=1S/C24H23ClN6O3/c1-16(32)29-6-8-30(9-7-29)19-4-5-22-20(11-19)24(34)31(15-28-22)14-23(33)27-13-17-2-3-18(12-26)21(25)10-17/h2-5,10-11,15H,6-9,13-14H2,1H3,(H,27,33). The van der Waals surface area contributed by atoms with Crippen molar-refractivity contribution < 1.29 is 9.59 Å². The maximum absolute atomic E-state index is 13.1. The van der Waals surface area contributed by atoms with Crippen LogP contribution in [0.4, 0.5) is 5.69 Å². The summed E-state index contributed by atoms with van der Waals surface area (Å²) in [5, 5.41) is 12.5. The fourth-order valence-corrected chi connectivity index (χ4v) is 4.15. The van der Waals surface area contributed by atoms with Crippen LogP contribution in [0.3, 0.4) is 0 Å². The van der Waals surface area contributed by atoms with E-state index in [2.05, 4.69) is 15.2 Å². The molecule has 0 spiro atoms. The zero-order chi connectivity index (χ0) is 24.2. The Morgan fingerprint density at radius 2 is 1.91 bits per heavy atom. The number of amides is 2. The average Bonchev–Trinajstić information content (AvgIpc) is 2.84. The quantitative estimate of drug-likeness (QED) is 0.599. The minimum Gasteiger partial charge on any atom is -0.368 e. The number of aromatic nitrogens is 2. The first-order valence-corrected chi connectivity index (χ1v) is 11.2. The van der Waals surface area contributed by atoms with E-state index in [1.54, 1.807) is 42.2 Å². The SMILES string of the molecule is CC(=O)N1CCN(c2ccc3ncn(CC(=O)NCc4ccc(C#N)c(Cl)c4)c(=O)c3c2)CC1.